The molecule has 2 aromatic rings. The van der Waals surface area contributed by atoms with Gasteiger partial charge in [-0.1, -0.05) is 53.9 Å². The second-order valence-corrected chi connectivity index (χ2v) is 6.41. The highest BCUT2D eigenvalue weighted by Gasteiger charge is 2.20. The Kier molecular flexibility index (Phi) is 5.42. The number of hydrogen-bond acceptors (Lipinski definition) is 1. The number of halogens is 3. The summed E-state index contributed by atoms with van der Waals surface area (Å²) in [5, 5.41) is 3.47. The minimum atomic E-state index is -0.379. The van der Waals surface area contributed by atoms with Crippen molar-refractivity contribution in [1.29, 1.82) is 0 Å². The molecule has 0 amide bonds. The molecule has 0 aromatic heterocycles. The highest BCUT2D eigenvalue weighted by atomic mass is 79.9. The minimum absolute atomic E-state index is 0.125. The van der Waals surface area contributed by atoms with Crippen molar-refractivity contribution in [2.45, 2.75) is 26.8 Å². The summed E-state index contributed by atoms with van der Waals surface area (Å²) in [5.74, 6) is -0.379. The van der Waals surface area contributed by atoms with Gasteiger partial charge in [-0.2, -0.15) is 0 Å². The maximum atomic E-state index is 14.5. The van der Waals surface area contributed by atoms with Gasteiger partial charge in [-0.25, -0.2) is 4.39 Å². The standard InChI is InChI=1S/C17H18BrClFN/c1-4-21-17(12-8-10(2)7-11(3)9-12)13-5-6-14(18)15(19)16(13)20/h5-9,17,21H,4H2,1-3H3. The van der Waals surface area contributed by atoms with Crippen LogP contribution < -0.4 is 5.32 Å². The summed E-state index contributed by atoms with van der Waals surface area (Å²) in [5.41, 5.74) is 3.94. The summed E-state index contributed by atoms with van der Waals surface area (Å²) < 4.78 is 15.1. The quantitative estimate of drug-likeness (QED) is 0.695. The van der Waals surface area contributed by atoms with Crippen molar-refractivity contribution < 1.29 is 4.39 Å². The third-order valence-electron chi connectivity index (χ3n) is 3.36. The fourth-order valence-electron chi connectivity index (χ4n) is 2.55. The van der Waals surface area contributed by atoms with Crippen molar-refractivity contribution in [1.82, 2.24) is 5.32 Å². The van der Waals surface area contributed by atoms with Crippen LogP contribution in [0.4, 0.5) is 4.39 Å². The fraction of sp³-hybridized carbons (Fsp3) is 0.294. The van der Waals surface area contributed by atoms with E-state index in [4.69, 9.17) is 11.6 Å². The third-order valence-corrected chi connectivity index (χ3v) is 4.62. The highest BCUT2D eigenvalue weighted by Crippen LogP contribution is 2.33. The highest BCUT2D eigenvalue weighted by molar-refractivity contribution is 9.10. The molecule has 1 N–H and O–H groups in total. The SMILES string of the molecule is CCNC(c1cc(C)cc(C)c1)c1ccc(Br)c(Cl)c1F. The zero-order valence-corrected chi connectivity index (χ0v) is 14.6. The molecule has 0 radical (unpaired) electrons. The van der Waals surface area contributed by atoms with E-state index in [9.17, 15) is 4.39 Å². The van der Waals surface area contributed by atoms with Gasteiger partial charge in [0.15, 0.2) is 0 Å². The maximum Gasteiger partial charge on any atom is 0.148 e. The Morgan fingerprint density at radius 3 is 2.38 bits per heavy atom. The van der Waals surface area contributed by atoms with Crippen molar-refractivity contribution in [3.05, 3.63) is 67.9 Å². The van der Waals surface area contributed by atoms with E-state index in [1.54, 1.807) is 12.1 Å². The van der Waals surface area contributed by atoms with Crippen LogP contribution in [0.15, 0.2) is 34.8 Å². The van der Waals surface area contributed by atoms with E-state index in [2.05, 4.69) is 39.4 Å². The zero-order valence-electron chi connectivity index (χ0n) is 12.3. The van der Waals surface area contributed by atoms with Crippen molar-refractivity contribution >= 4 is 27.5 Å². The number of hydrogen-bond donors (Lipinski definition) is 1. The predicted molar refractivity (Wildman–Crippen MR) is 90.5 cm³/mol. The van der Waals surface area contributed by atoms with Gasteiger partial charge in [0.1, 0.15) is 5.82 Å². The second kappa shape index (κ2) is 6.91. The maximum absolute atomic E-state index is 14.5. The van der Waals surface area contributed by atoms with Crippen LogP contribution in [0.1, 0.15) is 35.2 Å². The van der Waals surface area contributed by atoms with E-state index in [1.165, 1.54) is 0 Å². The van der Waals surface area contributed by atoms with Gasteiger partial charge in [0.05, 0.1) is 11.1 Å². The number of rotatable bonds is 4. The van der Waals surface area contributed by atoms with Crippen LogP contribution in [0.3, 0.4) is 0 Å². The van der Waals surface area contributed by atoms with Crippen molar-refractivity contribution in [3.8, 4) is 0 Å². The lowest BCUT2D eigenvalue weighted by Crippen LogP contribution is -2.23. The first-order valence-electron chi connectivity index (χ1n) is 6.89. The first-order chi connectivity index (χ1) is 9.93. The molecule has 0 aliphatic carbocycles. The average molecular weight is 371 g/mol. The van der Waals surface area contributed by atoms with E-state index in [0.717, 1.165) is 23.2 Å². The Morgan fingerprint density at radius 1 is 1.19 bits per heavy atom. The Morgan fingerprint density at radius 2 is 1.81 bits per heavy atom. The van der Waals surface area contributed by atoms with Crippen molar-refractivity contribution in [2.75, 3.05) is 6.54 Å². The molecule has 0 bridgehead atoms. The van der Waals surface area contributed by atoms with Crippen LogP contribution in [0.5, 0.6) is 0 Å². The van der Waals surface area contributed by atoms with Crippen molar-refractivity contribution in [2.24, 2.45) is 0 Å². The van der Waals surface area contributed by atoms with Crippen LogP contribution in [0.2, 0.25) is 5.02 Å². The summed E-state index contributed by atoms with van der Waals surface area (Å²) in [6.45, 7) is 6.84. The second-order valence-electron chi connectivity index (χ2n) is 5.18. The molecule has 0 aliphatic heterocycles. The van der Waals surface area contributed by atoms with Crippen LogP contribution in [-0.2, 0) is 0 Å². The molecule has 0 saturated carbocycles. The summed E-state index contributed by atoms with van der Waals surface area (Å²) in [6, 6.07) is 9.62. The van der Waals surface area contributed by atoms with Gasteiger partial charge < -0.3 is 5.32 Å². The molecule has 21 heavy (non-hydrogen) atoms. The van der Waals surface area contributed by atoms with Gasteiger partial charge in [-0.3, -0.25) is 0 Å². The molecule has 0 heterocycles. The largest absolute Gasteiger partial charge is 0.306 e. The summed E-state index contributed by atoms with van der Waals surface area (Å²) in [7, 11) is 0. The lowest BCUT2D eigenvalue weighted by Gasteiger charge is -2.21. The molecular weight excluding hydrogens is 353 g/mol. The molecule has 1 unspecified atom stereocenters. The van der Waals surface area contributed by atoms with Gasteiger partial charge in [0.2, 0.25) is 0 Å². The summed E-state index contributed by atoms with van der Waals surface area (Å²) >= 11 is 9.28. The minimum Gasteiger partial charge on any atom is -0.306 e. The summed E-state index contributed by atoms with van der Waals surface area (Å²) in [4.78, 5) is 0. The van der Waals surface area contributed by atoms with Crippen LogP contribution >= 0.6 is 27.5 Å². The van der Waals surface area contributed by atoms with E-state index >= 15 is 0 Å². The number of nitrogens with one attached hydrogen (secondary N) is 1. The third kappa shape index (κ3) is 3.65. The molecular formula is C17H18BrClFN. The lowest BCUT2D eigenvalue weighted by atomic mass is 9.95. The molecule has 4 heteroatoms. The molecule has 112 valence electrons. The first kappa shape index (κ1) is 16.5. The molecule has 0 fully saturated rings. The zero-order chi connectivity index (χ0) is 15.6. The fourth-order valence-corrected chi connectivity index (χ4v) is 3.03. The number of aryl methyl sites for hydroxylation is 2. The first-order valence-corrected chi connectivity index (χ1v) is 8.06. The average Bonchev–Trinajstić information content (AvgIpc) is 2.42. The molecule has 2 rings (SSSR count). The van der Waals surface area contributed by atoms with Gasteiger partial charge in [0.25, 0.3) is 0 Å². The van der Waals surface area contributed by atoms with Gasteiger partial charge in [0, 0.05) is 10.0 Å². The van der Waals surface area contributed by atoms with Crippen LogP contribution in [0.25, 0.3) is 0 Å². The monoisotopic (exact) mass is 369 g/mol. The molecule has 2 aromatic carbocycles. The van der Waals surface area contributed by atoms with Gasteiger partial charge in [-0.05, 0) is 48.0 Å². The normalized spacial score (nSPS) is 12.5. The molecule has 0 saturated heterocycles. The van der Waals surface area contributed by atoms with Gasteiger partial charge >= 0.3 is 0 Å². The van der Waals surface area contributed by atoms with E-state index in [0.29, 0.717) is 10.0 Å². The summed E-state index contributed by atoms with van der Waals surface area (Å²) in [6.07, 6.45) is 0. The molecule has 0 spiro atoms. The Labute approximate surface area is 138 Å². The van der Waals surface area contributed by atoms with Crippen LogP contribution in [-0.4, -0.2) is 6.54 Å². The predicted octanol–water partition coefficient (Wildman–Crippen LogP) is 5.56. The van der Waals surface area contributed by atoms with Crippen LogP contribution in [0, 0.1) is 19.7 Å². The van der Waals surface area contributed by atoms with E-state index in [-0.39, 0.29) is 16.9 Å². The Hall–Kier alpha value is -0.900. The molecule has 0 aliphatic rings. The van der Waals surface area contributed by atoms with E-state index < -0.39 is 0 Å². The topological polar surface area (TPSA) is 12.0 Å². The van der Waals surface area contributed by atoms with E-state index in [1.807, 2.05) is 20.8 Å². The molecule has 1 atom stereocenters. The van der Waals surface area contributed by atoms with Gasteiger partial charge in [-0.15, -0.1) is 0 Å². The molecule has 1 nitrogen and oxygen atoms in total. The Balaban J connectivity index is 2.56. The van der Waals surface area contributed by atoms with Crippen molar-refractivity contribution in [3.63, 3.8) is 0 Å². The lowest BCUT2D eigenvalue weighted by molar-refractivity contribution is 0.558. The Bertz CT molecular complexity index is 637. The number of benzene rings is 2. The smallest absolute Gasteiger partial charge is 0.148 e.